The Morgan fingerprint density at radius 2 is 2.08 bits per heavy atom. The van der Waals surface area contributed by atoms with E-state index in [0.29, 0.717) is 11.8 Å². The number of rotatable bonds is 6. The summed E-state index contributed by atoms with van der Waals surface area (Å²) in [5.74, 6) is 1.15. The van der Waals surface area contributed by atoms with Crippen LogP contribution in [-0.4, -0.2) is 39.0 Å². The highest BCUT2D eigenvalue weighted by atomic mass is 16.6. The molecular formula is C29H32N6O2. The molecule has 0 spiro atoms. The first-order valence-corrected chi connectivity index (χ1v) is 13.0. The van der Waals surface area contributed by atoms with Crippen LogP contribution >= 0.6 is 0 Å². The van der Waals surface area contributed by atoms with Crippen molar-refractivity contribution < 1.29 is 9.53 Å². The molecule has 2 N–H and O–H groups in total. The SMILES string of the molecule is CC1CC=C(c2cc(C3CCN(Cc4ccccn4)CC3)ccc2NC(=O)Oc2ncc(C#N)[nH]2)CC1. The van der Waals surface area contributed by atoms with Gasteiger partial charge in [-0.3, -0.25) is 20.2 Å². The lowest BCUT2D eigenvalue weighted by molar-refractivity contribution is 0.202. The minimum Gasteiger partial charge on any atom is -0.375 e. The summed E-state index contributed by atoms with van der Waals surface area (Å²) in [5, 5.41) is 11.8. The van der Waals surface area contributed by atoms with Crippen LogP contribution in [-0.2, 0) is 6.54 Å². The number of hydrogen-bond donors (Lipinski definition) is 2. The molecule has 1 fully saturated rings. The summed E-state index contributed by atoms with van der Waals surface area (Å²) < 4.78 is 5.27. The van der Waals surface area contributed by atoms with Crippen molar-refractivity contribution in [3.05, 3.63) is 77.4 Å². The predicted molar refractivity (Wildman–Crippen MR) is 142 cm³/mol. The van der Waals surface area contributed by atoms with Crippen molar-refractivity contribution in [2.75, 3.05) is 18.4 Å². The Labute approximate surface area is 217 Å². The number of nitrogens with one attached hydrogen (secondary N) is 2. The van der Waals surface area contributed by atoms with Crippen LogP contribution in [0.5, 0.6) is 6.01 Å². The second kappa shape index (κ2) is 11.4. The highest BCUT2D eigenvalue weighted by Gasteiger charge is 2.23. The Balaban J connectivity index is 1.30. The third-order valence-corrected chi connectivity index (χ3v) is 7.33. The molecule has 37 heavy (non-hydrogen) atoms. The third-order valence-electron chi connectivity index (χ3n) is 7.33. The predicted octanol–water partition coefficient (Wildman–Crippen LogP) is 5.87. The Kier molecular flexibility index (Phi) is 7.62. The van der Waals surface area contributed by atoms with Crippen LogP contribution in [0.25, 0.3) is 5.57 Å². The number of nitrogens with zero attached hydrogens (tertiary/aromatic N) is 4. The lowest BCUT2D eigenvalue weighted by Crippen LogP contribution is -2.32. The number of carbonyl (C=O) groups excluding carboxylic acids is 1. The van der Waals surface area contributed by atoms with E-state index < -0.39 is 6.09 Å². The molecule has 2 aromatic heterocycles. The van der Waals surface area contributed by atoms with Crippen LogP contribution in [0.15, 0.2) is 54.9 Å². The minimum absolute atomic E-state index is 0.00427. The molecule has 8 nitrogen and oxygen atoms in total. The fourth-order valence-electron chi connectivity index (χ4n) is 5.18. The number of nitriles is 1. The normalized spacial score (nSPS) is 18.6. The van der Waals surface area contributed by atoms with Gasteiger partial charge in [0.05, 0.1) is 17.6 Å². The zero-order valence-corrected chi connectivity index (χ0v) is 21.1. The number of piperidine rings is 1. The standard InChI is InChI=1S/C29H32N6O2/c1-20-5-7-22(8-6-20)26-16-23(21-11-14-35(15-12-21)19-24-4-2-3-13-31-24)9-10-27(26)34-29(36)37-28-32-18-25(17-30)33-28/h2-4,7,9-10,13,16,18,20-21H,5-6,8,11-12,14-15,19H2,1H3,(H,32,33)(H,34,36). The van der Waals surface area contributed by atoms with Crippen molar-refractivity contribution in [1.82, 2.24) is 19.9 Å². The number of H-pyrrole nitrogens is 1. The number of hydrogen-bond acceptors (Lipinski definition) is 6. The summed E-state index contributed by atoms with van der Waals surface area (Å²) in [5.41, 5.74) is 5.73. The molecule has 1 saturated heterocycles. The number of pyridine rings is 1. The molecule has 3 aromatic rings. The van der Waals surface area contributed by atoms with Crippen LogP contribution in [0, 0.1) is 17.2 Å². The molecule has 2 aliphatic rings. The van der Waals surface area contributed by atoms with Gasteiger partial charge in [0.2, 0.25) is 0 Å². The van der Waals surface area contributed by atoms with Crippen molar-refractivity contribution in [2.45, 2.75) is 51.5 Å². The summed E-state index contributed by atoms with van der Waals surface area (Å²) in [6, 6.07) is 14.4. The lowest BCUT2D eigenvalue weighted by atomic mass is 9.83. The van der Waals surface area contributed by atoms with Crippen molar-refractivity contribution in [2.24, 2.45) is 5.92 Å². The molecular weight excluding hydrogens is 464 g/mol. The quantitative estimate of drug-likeness (QED) is 0.442. The minimum atomic E-state index is -0.638. The number of imidazole rings is 1. The number of benzene rings is 1. The fourth-order valence-corrected chi connectivity index (χ4v) is 5.18. The van der Waals surface area contributed by atoms with Gasteiger partial charge in [-0.05, 0) is 92.4 Å². The summed E-state index contributed by atoms with van der Waals surface area (Å²) in [7, 11) is 0. The molecule has 1 unspecified atom stereocenters. The van der Waals surface area contributed by atoms with Gasteiger partial charge >= 0.3 is 12.1 Å². The van der Waals surface area contributed by atoms with E-state index in [1.165, 1.54) is 17.3 Å². The average molecular weight is 497 g/mol. The molecule has 0 bridgehead atoms. The van der Waals surface area contributed by atoms with Crippen LogP contribution in [0.1, 0.15) is 67.5 Å². The number of aromatic amines is 1. The summed E-state index contributed by atoms with van der Waals surface area (Å²) >= 11 is 0. The molecule has 1 aliphatic carbocycles. The van der Waals surface area contributed by atoms with Gasteiger partial charge in [-0.15, -0.1) is 0 Å². The largest absolute Gasteiger partial charge is 0.419 e. The number of amides is 1. The summed E-state index contributed by atoms with van der Waals surface area (Å²) in [6.07, 6.45) is 10.2. The first-order valence-electron chi connectivity index (χ1n) is 13.0. The molecule has 1 aromatic carbocycles. The van der Waals surface area contributed by atoms with E-state index in [1.54, 1.807) is 0 Å². The van der Waals surface area contributed by atoms with Crippen molar-refractivity contribution in [1.29, 1.82) is 5.26 Å². The second-order valence-electron chi connectivity index (χ2n) is 10.0. The van der Waals surface area contributed by atoms with Crippen LogP contribution < -0.4 is 10.1 Å². The van der Waals surface area contributed by atoms with Gasteiger partial charge in [-0.25, -0.2) is 9.78 Å². The monoisotopic (exact) mass is 496 g/mol. The molecule has 3 heterocycles. The summed E-state index contributed by atoms with van der Waals surface area (Å²) in [4.78, 5) is 26.2. The Morgan fingerprint density at radius 3 is 2.78 bits per heavy atom. The topological polar surface area (TPSA) is 107 Å². The molecule has 0 saturated carbocycles. The van der Waals surface area contributed by atoms with E-state index in [2.05, 4.69) is 56.4 Å². The Hall–Kier alpha value is -3.96. The Morgan fingerprint density at radius 1 is 1.22 bits per heavy atom. The number of allylic oxidation sites excluding steroid dienone is 2. The van der Waals surface area contributed by atoms with E-state index in [4.69, 9.17) is 10.00 Å². The van der Waals surface area contributed by atoms with Gasteiger partial charge in [-0.2, -0.15) is 5.26 Å². The molecule has 8 heteroatoms. The first-order chi connectivity index (χ1) is 18.1. The zero-order chi connectivity index (χ0) is 25.6. The van der Waals surface area contributed by atoms with Gasteiger partial charge in [-0.1, -0.05) is 25.1 Å². The number of ether oxygens (including phenoxy) is 1. The first kappa shape index (κ1) is 24.7. The molecule has 5 rings (SSSR count). The highest BCUT2D eigenvalue weighted by Crippen LogP contribution is 2.37. The van der Waals surface area contributed by atoms with Gasteiger partial charge in [0, 0.05) is 18.3 Å². The molecule has 190 valence electrons. The lowest BCUT2D eigenvalue weighted by Gasteiger charge is -2.32. The van der Waals surface area contributed by atoms with Gasteiger partial charge in [0.1, 0.15) is 11.8 Å². The molecule has 1 atom stereocenters. The molecule has 1 aliphatic heterocycles. The van der Waals surface area contributed by atoms with E-state index in [0.717, 1.165) is 68.7 Å². The average Bonchev–Trinajstić information content (AvgIpc) is 3.38. The van der Waals surface area contributed by atoms with Crippen molar-refractivity contribution in [3.8, 4) is 12.1 Å². The maximum Gasteiger partial charge on any atom is 0.419 e. The zero-order valence-electron chi connectivity index (χ0n) is 21.1. The van der Waals surface area contributed by atoms with Gasteiger partial charge < -0.3 is 4.74 Å². The van der Waals surface area contributed by atoms with Gasteiger partial charge in [0.15, 0.2) is 0 Å². The van der Waals surface area contributed by atoms with E-state index in [-0.39, 0.29) is 11.7 Å². The Bertz CT molecular complexity index is 1300. The van der Waals surface area contributed by atoms with Crippen LogP contribution in [0.4, 0.5) is 10.5 Å². The van der Waals surface area contributed by atoms with Crippen molar-refractivity contribution >= 4 is 17.4 Å². The molecule has 0 radical (unpaired) electrons. The number of anilines is 1. The van der Waals surface area contributed by atoms with E-state index in [1.807, 2.05) is 30.5 Å². The maximum atomic E-state index is 12.6. The number of likely N-dealkylation sites (tertiary alicyclic amines) is 1. The van der Waals surface area contributed by atoms with E-state index >= 15 is 0 Å². The van der Waals surface area contributed by atoms with Crippen molar-refractivity contribution in [3.63, 3.8) is 0 Å². The molecule has 1 amide bonds. The van der Waals surface area contributed by atoms with E-state index in [9.17, 15) is 4.79 Å². The highest BCUT2D eigenvalue weighted by molar-refractivity contribution is 5.91. The second-order valence-corrected chi connectivity index (χ2v) is 10.0. The van der Waals surface area contributed by atoms with Gasteiger partial charge in [0.25, 0.3) is 0 Å². The third kappa shape index (κ3) is 6.25. The fraction of sp³-hybridized carbons (Fsp3) is 0.379. The smallest absolute Gasteiger partial charge is 0.375 e. The number of carbonyl (C=O) groups is 1. The van der Waals surface area contributed by atoms with Crippen LogP contribution in [0.2, 0.25) is 0 Å². The summed E-state index contributed by atoms with van der Waals surface area (Å²) in [6.45, 7) is 5.24. The van der Waals surface area contributed by atoms with Crippen LogP contribution in [0.3, 0.4) is 0 Å². The maximum absolute atomic E-state index is 12.6. The number of aromatic nitrogens is 3.